The Bertz CT molecular complexity index is 1490. The van der Waals surface area contributed by atoms with Gasteiger partial charge in [-0.3, -0.25) is 4.79 Å². The number of benzene rings is 4. The minimum absolute atomic E-state index is 0.236. The molecule has 36 heavy (non-hydrogen) atoms. The van der Waals surface area contributed by atoms with E-state index in [0.29, 0.717) is 39.9 Å². The summed E-state index contributed by atoms with van der Waals surface area (Å²) in [7, 11) is 0. The van der Waals surface area contributed by atoms with Crippen molar-refractivity contribution in [1.29, 1.82) is 0 Å². The van der Waals surface area contributed by atoms with E-state index in [-0.39, 0.29) is 5.91 Å². The van der Waals surface area contributed by atoms with E-state index in [1.807, 2.05) is 84.9 Å². The van der Waals surface area contributed by atoms with Crippen LogP contribution in [-0.4, -0.2) is 15.9 Å². The number of aromatic nitrogens is 2. The van der Waals surface area contributed by atoms with Crippen LogP contribution < -0.4 is 21.1 Å². The van der Waals surface area contributed by atoms with Crippen LogP contribution in [0.4, 0.5) is 22.9 Å². The summed E-state index contributed by atoms with van der Waals surface area (Å²) in [6.07, 6.45) is 1.49. The molecule has 0 saturated heterocycles. The number of carbonyl (C=O) groups excluding carboxylic acids is 1. The maximum atomic E-state index is 12.7. The minimum Gasteiger partial charge on any atom is -0.457 e. The predicted octanol–water partition coefficient (Wildman–Crippen LogP) is 6.51. The summed E-state index contributed by atoms with van der Waals surface area (Å²) in [6.45, 7) is 0. The zero-order chi connectivity index (χ0) is 24.7. The Morgan fingerprint density at radius 1 is 0.750 bits per heavy atom. The molecule has 0 unspecified atom stereocenters. The number of rotatable bonds is 7. The molecule has 1 heterocycles. The zero-order valence-corrected chi connectivity index (χ0v) is 19.3. The second-order valence-corrected chi connectivity index (χ2v) is 7.95. The molecular formula is C29H23N5O2. The average molecular weight is 474 g/mol. The van der Waals surface area contributed by atoms with Crippen LogP contribution in [-0.2, 0) is 0 Å². The molecule has 0 saturated carbocycles. The first-order chi connectivity index (χ1) is 17.7. The molecule has 0 bridgehead atoms. The largest absolute Gasteiger partial charge is 0.457 e. The van der Waals surface area contributed by atoms with Gasteiger partial charge in [0.25, 0.3) is 5.91 Å². The Hall–Kier alpha value is -5.17. The summed E-state index contributed by atoms with van der Waals surface area (Å²) < 4.78 is 6.10. The molecule has 0 atom stereocenters. The Balaban J connectivity index is 1.38. The first-order valence-corrected chi connectivity index (χ1v) is 11.3. The van der Waals surface area contributed by atoms with Crippen LogP contribution in [0.15, 0.2) is 116 Å². The summed E-state index contributed by atoms with van der Waals surface area (Å²) in [5, 5.41) is 6.23. The lowest BCUT2D eigenvalue weighted by molar-refractivity contribution is 0.102. The molecular weight excluding hydrogens is 450 g/mol. The van der Waals surface area contributed by atoms with E-state index >= 15 is 0 Å². The number of anilines is 4. The van der Waals surface area contributed by atoms with Crippen LogP contribution >= 0.6 is 0 Å². The van der Waals surface area contributed by atoms with E-state index in [1.54, 1.807) is 24.3 Å². The summed E-state index contributed by atoms with van der Waals surface area (Å²) in [4.78, 5) is 21.6. The third-order valence-corrected chi connectivity index (χ3v) is 5.41. The van der Waals surface area contributed by atoms with E-state index in [0.717, 1.165) is 11.3 Å². The quantitative estimate of drug-likeness (QED) is 0.233. The number of nitrogens with zero attached hydrogens (tertiary/aromatic N) is 2. The van der Waals surface area contributed by atoms with Gasteiger partial charge in [-0.1, -0.05) is 42.5 Å². The van der Waals surface area contributed by atoms with Gasteiger partial charge < -0.3 is 21.1 Å². The van der Waals surface area contributed by atoms with Gasteiger partial charge in [0.05, 0.1) is 17.1 Å². The molecule has 0 aliphatic heterocycles. The van der Waals surface area contributed by atoms with Crippen LogP contribution in [0.25, 0.3) is 11.3 Å². The number of nitrogens with one attached hydrogen (secondary N) is 2. The van der Waals surface area contributed by atoms with Crippen LogP contribution in [0.1, 0.15) is 10.4 Å². The number of amides is 1. The minimum atomic E-state index is -0.236. The normalized spacial score (nSPS) is 10.4. The summed E-state index contributed by atoms with van der Waals surface area (Å²) in [5.41, 5.74) is 9.68. The van der Waals surface area contributed by atoms with Gasteiger partial charge in [-0.05, 0) is 60.7 Å². The Morgan fingerprint density at radius 2 is 1.44 bits per heavy atom. The Labute approximate surface area is 208 Å². The van der Waals surface area contributed by atoms with Crippen molar-refractivity contribution in [3.05, 3.63) is 121 Å². The van der Waals surface area contributed by atoms with Crippen LogP contribution in [0, 0.1) is 0 Å². The standard InChI is InChI=1S/C29H23N5O2/c30-21-16-14-20(15-17-21)29(35)34-25-12-6-5-11-24(25)33-28-18-26(31-19-32-28)23-10-4-7-13-27(23)36-22-8-2-1-3-9-22/h1-19H,30H2,(H,34,35)(H,31,32,33). The highest BCUT2D eigenvalue weighted by molar-refractivity contribution is 6.06. The van der Waals surface area contributed by atoms with Crippen molar-refractivity contribution in [2.75, 3.05) is 16.4 Å². The van der Waals surface area contributed by atoms with E-state index < -0.39 is 0 Å². The summed E-state index contributed by atoms with van der Waals surface area (Å²) in [5.74, 6) is 1.76. The first-order valence-electron chi connectivity index (χ1n) is 11.3. The van der Waals surface area contributed by atoms with Gasteiger partial charge in [0.15, 0.2) is 0 Å². The van der Waals surface area contributed by atoms with Crippen molar-refractivity contribution in [1.82, 2.24) is 9.97 Å². The maximum Gasteiger partial charge on any atom is 0.255 e. The third kappa shape index (κ3) is 5.31. The number of carbonyl (C=O) groups is 1. The summed E-state index contributed by atoms with van der Waals surface area (Å²) in [6, 6.07) is 33.3. The number of ether oxygens (including phenoxy) is 1. The molecule has 176 valence electrons. The number of hydrogen-bond acceptors (Lipinski definition) is 6. The van der Waals surface area contributed by atoms with Crippen molar-refractivity contribution in [3.8, 4) is 22.8 Å². The lowest BCUT2D eigenvalue weighted by Crippen LogP contribution is -2.13. The van der Waals surface area contributed by atoms with Crippen molar-refractivity contribution in [2.45, 2.75) is 0 Å². The lowest BCUT2D eigenvalue weighted by Gasteiger charge is -2.14. The lowest BCUT2D eigenvalue weighted by atomic mass is 10.1. The fourth-order valence-electron chi connectivity index (χ4n) is 3.62. The predicted molar refractivity (Wildman–Crippen MR) is 143 cm³/mol. The van der Waals surface area contributed by atoms with Gasteiger partial charge in [-0.2, -0.15) is 0 Å². The zero-order valence-electron chi connectivity index (χ0n) is 19.3. The molecule has 7 nitrogen and oxygen atoms in total. The van der Waals surface area contributed by atoms with Gasteiger partial charge >= 0.3 is 0 Å². The number of para-hydroxylation sites is 4. The monoisotopic (exact) mass is 473 g/mol. The number of hydrogen-bond donors (Lipinski definition) is 3. The highest BCUT2D eigenvalue weighted by atomic mass is 16.5. The maximum absolute atomic E-state index is 12.7. The fourth-order valence-corrected chi connectivity index (χ4v) is 3.62. The average Bonchev–Trinajstić information content (AvgIpc) is 2.91. The van der Waals surface area contributed by atoms with Gasteiger partial charge in [-0.25, -0.2) is 9.97 Å². The molecule has 1 aromatic heterocycles. The van der Waals surface area contributed by atoms with Gasteiger partial charge in [0, 0.05) is 22.9 Å². The highest BCUT2D eigenvalue weighted by Crippen LogP contribution is 2.33. The van der Waals surface area contributed by atoms with Crippen LogP contribution in [0.5, 0.6) is 11.5 Å². The molecule has 0 aliphatic carbocycles. The molecule has 0 aliphatic rings. The van der Waals surface area contributed by atoms with Crippen molar-refractivity contribution in [3.63, 3.8) is 0 Å². The third-order valence-electron chi connectivity index (χ3n) is 5.41. The molecule has 0 spiro atoms. The molecule has 5 aromatic rings. The number of nitrogen functional groups attached to an aromatic ring is 1. The molecule has 0 radical (unpaired) electrons. The van der Waals surface area contributed by atoms with E-state index in [1.165, 1.54) is 6.33 Å². The van der Waals surface area contributed by atoms with E-state index in [4.69, 9.17) is 10.5 Å². The Morgan fingerprint density at radius 3 is 2.25 bits per heavy atom. The van der Waals surface area contributed by atoms with Crippen LogP contribution in [0.3, 0.4) is 0 Å². The number of nitrogens with two attached hydrogens (primary N) is 1. The molecule has 1 amide bonds. The van der Waals surface area contributed by atoms with Gasteiger partial charge in [-0.15, -0.1) is 0 Å². The second-order valence-electron chi connectivity index (χ2n) is 7.95. The van der Waals surface area contributed by atoms with Crippen molar-refractivity contribution < 1.29 is 9.53 Å². The molecule has 4 N–H and O–H groups in total. The molecule has 5 rings (SSSR count). The van der Waals surface area contributed by atoms with E-state index in [9.17, 15) is 4.79 Å². The molecule has 7 heteroatoms. The Kier molecular flexibility index (Phi) is 6.53. The second kappa shape index (κ2) is 10.4. The fraction of sp³-hybridized carbons (Fsp3) is 0. The van der Waals surface area contributed by atoms with Gasteiger partial charge in [0.2, 0.25) is 0 Å². The van der Waals surface area contributed by atoms with Crippen LogP contribution in [0.2, 0.25) is 0 Å². The molecule has 0 fully saturated rings. The van der Waals surface area contributed by atoms with Gasteiger partial charge in [0.1, 0.15) is 23.6 Å². The topological polar surface area (TPSA) is 102 Å². The smallest absolute Gasteiger partial charge is 0.255 e. The SMILES string of the molecule is Nc1ccc(C(=O)Nc2ccccc2Nc2cc(-c3ccccc3Oc3ccccc3)ncn2)cc1. The first kappa shape index (κ1) is 22.6. The van der Waals surface area contributed by atoms with Crippen molar-refractivity contribution >= 4 is 28.8 Å². The van der Waals surface area contributed by atoms with Crippen molar-refractivity contribution in [2.24, 2.45) is 0 Å². The summed E-state index contributed by atoms with van der Waals surface area (Å²) >= 11 is 0. The molecule has 4 aromatic carbocycles. The van der Waals surface area contributed by atoms with E-state index in [2.05, 4.69) is 20.6 Å². The highest BCUT2D eigenvalue weighted by Gasteiger charge is 2.12.